The van der Waals surface area contributed by atoms with Gasteiger partial charge in [-0.2, -0.15) is 0 Å². The van der Waals surface area contributed by atoms with Crippen LogP contribution in [0.2, 0.25) is 0 Å². The number of halogens is 1. The first-order valence-corrected chi connectivity index (χ1v) is 6.77. The van der Waals surface area contributed by atoms with Gasteiger partial charge in [-0.25, -0.2) is 19.4 Å². The van der Waals surface area contributed by atoms with Crippen molar-refractivity contribution in [3.63, 3.8) is 0 Å². The van der Waals surface area contributed by atoms with Gasteiger partial charge in [0.15, 0.2) is 11.6 Å². The molecule has 0 N–H and O–H groups in total. The monoisotopic (exact) mass is 301 g/mol. The third-order valence-corrected chi connectivity index (χ3v) is 3.30. The summed E-state index contributed by atoms with van der Waals surface area (Å²) in [7, 11) is 5.42. The molecule has 1 aromatic heterocycles. The standard InChI is InChI=1S/C15H16FN5O/c1-9-17-8-12-14(18-9)21(4)19-15(22-12)13-10(16)6-5-7-11(13)20(2)3/h5-8H,1-4H3. The van der Waals surface area contributed by atoms with Crippen LogP contribution in [0.4, 0.5) is 15.9 Å². The van der Waals surface area contributed by atoms with Crippen LogP contribution in [0, 0.1) is 12.7 Å². The van der Waals surface area contributed by atoms with E-state index in [1.807, 2.05) is 25.1 Å². The molecule has 114 valence electrons. The first-order chi connectivity index (χ1) is 10.5. The number of aryl methyl sites for hydroxylation is 1. The molecule has 1 aliphatic heterocycles. The van der Waals surface area contributed by atoms with Crippen molar-refractivity contribution in [2.24, 2.45) is 5.10 Å². The van der Waals surface area contributed by atoms with Gasteiger partial charge in [0.1, 0.15) is 11.6 Å². The molecule has 0 amide bonds. The van der Waals surface area contributed by atoms with E-state index in [0.717, 1.165) is 0 Å². The molecule has 7 heteroatoms. The van der Waals surface area contributed by atoms with Gasteiger partial charge in [0.2, 0.25) is 5.90 Å². The smallest absolute Gasteiger partial charge is 0.249 e. The molecule has 0 radical (unpaired) electrons. The molecule has 2 heterocycles. The van der Waals surface area contributed by atoms with Crippen LogP contribution in [-0.4, -0.2) is 37.0 Å². The zero-order valence-corrected chi connectivity index (χ0v) is 12.8. The third-order valence-electron chi connectivity index (χ3n) is 3.30. The van der Waals surface area contributed by atoms with Gasteiger partial charge >= 0.3 is 0 Å². The van der Waals surface area contributed by atoms with E-state index in [4.69, 9.17) is 4.74 Å². The van der Waals surface area contributed by atoms with Crippen LogP contribution < -0.4 is 14.6 Å². The second-order valence-corrected chi connectivity index (χ2v) is 5.16. The summed E-state index contributed by atoms with van der Waals surface area (Å²) in [6.45, 7) is 1.79. The molecule has 2 aromatic rings. The summed E-state index contributed by atoms with van der Waals surface area (Å²) in [5.41, 5.74) is 0.995. The summed E-state index contributed by atoms with van der Waals surface area (Å²) in [6, 6.07) is 4.85. The Bertz CT molecular complexity index is 760. The first kappa shape index (κ1) is 14.2. The Hall–Kier alpha value is -2.70. The van der Waals surface area contributed by atoms with Crippen LogP contribution in [0.15, 0.2) is 29.5 Å². The SMILES string of the molecule is Cc1ncc2c(n1)N(C)N=C(c1c(F)cccc1N(C)C)O2. The molecule has 3 rings (SSSR count). The first-order valence-electron chi connectivity index (χ1n) is 6.77. The normalized spacial score (nSPS) is 13.3. The highest BCUT2D eigenvalue weighted by atomic mass is 19.1. The average molecular weight is 301 g/mol. The molecular weight excluding hydrogens is 285 g/mol. The zero-order chi connectivity index (χ0) is 15.9. The number of ether oxygens (including phenoxy) is 1. The van der Waals surface area contributed by atoms with Crippen LogP contribution in [-0.2, 0) is 0 Å². The zero-order valence-electron chi connectivity index (χ0n) is 12.8. The van der Waals surface area contributed by atoms with Gasteiger partial charge in [0, 0.05) is 21.1 Å². The van der Waals surface area contributed by atoms with Crippen LogP contribution in [0.3, 0.4) is 0 Å². The summed E-state index contributed by atoms with van der Waals surface area (Å²) in [6.07, 6.45) is 1.57. The van der Waals surface area contributed by atoms with Gasteiger partial charge in [0.05, 0.1) is 17.4 Å². The summed E-state index contributed by atoms with van der Waals surface area (Å²) >= 11 is 0. The molecule has 0 saturated carbocycles. The topological polar surface area (TPSA) is 53.9 Å². The van der Waals surface area contributed by atoms with Gasteiger partial charge in [-0.05, 0) is 19.1 Å². The second kappa shape index (κ2) is 5.25. The van der Waals surface area contributed by atoms with Gasteiger partial charge in [-0.1, -0.05) is 6.07 Å². The van der Waals surface area contributed by atoms with E-state index in [2.05, 4.69) is 15.1 Å². The number of rotatable bonds is 2. The fraction of sp³-hybridized carbons (Fsp3) is 0.267. The molecule has 1 aromatic carbocycles. The largest absolute Gasteiger partial charge is 0.431 e. The predicted molar refractivity (Wildman–Crippen MR) is 83.1 cm³/mol. The maximum absolute atomic E-state index is 14.3. The Morgan fingerprint density at radius 3 is 2.77 bits per heavy atom. The highest BCUT2D eigenvalue weighted by molar-refractivity contribution is 6.02. The van der Waals surface area contributed by atoms with E-state index in [-0.39, 0.29) is 5.90 Å². The summed E-state index contributed by atoms with van der Waals surface area (Å²) in [5.74, 6) is 1.41. The van der Waals surface area contributed by atoms with Crippen molar-refractivity contribution in [1.29, 1.82) is 0 Å². The minimum absolute atomic E-state index is 0.184. The number of anilines is 2. The summed E-state index contributed by atoms with van der Waals surface area (Å²) in [5, 5.41) is 5.87. The fourth-order valence-corrected chi connectivity index (χ4v) is 2.26. The lowest BCUT2D eigenvalue weighted by Crippen LogP contribution is -2.28. The molecule has 0 aliphatic carbocycles. The Kier molecular flexibility index (Phi) is 3.40. The molecule has 0 unspecified atom stereocenters. The molecule has 6 nitrogen and oxygen atoms in total. The molecule has 0 spiro atoms. The lowest BCUT2D eigenvalue weighted by Gasteiger charge is -2.25. The van der Waals surface area contributed by atoms with Crippen molar-refractivity contribution in [2.75, 3.05) is 31.1 Å². The molecule has 0 fully saturated rings. The number of benzene rings is 1. The molecule has 0 bridgehead atoms. The minimum atomic E-state index is -0.394. The number of hydrazone groups is 1. The fourth-order valence-electron chi connectivity index (χ4n) is 2.26. The van der Waals surface area contributed by atoms with Gasteiger partial charge in [0.25, 0.3) is 0 Å². The Balaban J connectivity index is 2.11. The van der Waals surface area contributed by atoms with Crippen LogP contribution in [0.5, 0.6) is 5.75 Å². The highest BCUT2D eigenvalue weighted by Crippen LogP contribution is 2.32. The lowest BCUT2D eigenvalue weighted by atomic mass is 10.1. The quantitative estimate of drug-likeness (QED) is 0.851. The number of fused-ring (bicyclic) bond motifs is 1. The number of hydrogen-bond donors (Lipinski definition) is 0. The van der Waals surface area contributed by atoms with Crippen molar-refractivity contribution in [1.82, 2.24) is 9.97 Å². The Labute approximate surface area is 127 Å². The van der Waals surface area contributed by atoms with Crippen molar-refractivity contribution >= 4 is 17.4 Å². The van der Waals surface area contributed by atoms with E-state index in [1.165, 1.54) is 6.07 Å². The van der Waals surface area contributed by atoms with Gasteiger partial charge in [-0.15, -0.1) is 5.10 Å². The minimum Gasteiger partial charge on any atom is -0.431 e. The lowest BCUT2D eigenvalue weighted by molar-refractivity contribution is 0.516. The van der Waals surface area contributed by atoms with Gasteiger partial charge in [-0.3, -0.25) is 0 Å². The number of nitrogens with zero attached hydrogens (tertiary/aromatic N) is 5. The molecular formula is C15H16FN5O. The average Bonchev–Trinajstić information content (AvgIpc) is 2.47. The number of hydrogen-bond acceptors (Lipinski definition) is 6. The second-order valence-electron chi connectivity index (χ2n) is 5.16. The van der Waals surface area contributed by atoms with Crippen molar-refractivity contribution in [3.05, 3.63) is 41.6 Å². The van der Waals surface area contributed by atoms with Crippen LogP contribution in [0.25, 0.3) is 0 Å². The summed E-state index contributed by atoms with van der Waals surface area (Å²) < 4.78 is 20.1. The highest BCUT2D eigenvalue weighted by Gasteiger charge is 2.26. The molecule has 22 heavy (non-hydrogen) atoms. The van der Waals surface area contributed by atoms with Crippen molar-refractivity contribution in [3.8, 4) is 5.75 Å². The Morgan fingerprint density at radius 2 is 2.05 bits per heavy atom. The van der Waals surface area contributed by atoms with E-state index in [0.29, 0.717) is 28.6 Å². The maximum atomic E-state index is 14.3. The van der Waals surface area contributed by atoms with E-state index >= 15 is 0 Å². The Morgan fingerprint density at radius 1 is 1.27 bits per heavy atom. The van der Waals surface area contributed by atoms with Crippen molar-refractivity contribution < 1.29 is 9.13 Å². The van der Waals surface area contributed by atoms with Crippen LogP contribution >= 0.6 is 0 Å². The maximum Gasteiger partial charge on any atom is 0.249 e. The van der Waals surface area contributed by atoms with Crippen LogP contribution in [0.1, 0.15) is 11.4 Å². The summed E-state index contributed by atoms with van der Waals surface area (Å²) in [4.78, 5) is 10.2. The molecule has 1 aliphatic rings. The molecule has 0 saturated heterocycles. The van der Waals surface area contributed by atoms with E-state index in [9.17, 15) is 4.39 Å². The third kappa shape index (κ3) is 2.34. The predicted octanol–water partition coefficient (Wildman–Crippen LogP) is 2.18. The van der Waals surface area contributed by atoms with E-state index in [1.54, 1.807) is 31.2 Å². The number of aromatic nitrogens is 2. The van der Waals surface area contributed by atoms with E-state index < -0.39 is 5.82 Å². The van der Waals surface area contributed by atoms with Gasteiger partial charge < -0.3 is 9.64 Å². The molecule has 0 atom stereocenters. The van der Waals surface area contributed by atoms with Crippen molar-refractivity contribution in [2.45, 2.75) is 6.92 Å².